The van der Waals surface area contributed by atoms with E-state index in [1.807, 2.05) is 10.7 Å². The second-order valence-corrected chi connectivity index (χ2v) is 9.95. The van der Waals surface area contributed by atoms with E-state index in [9.17, 15) is 15.0 Å². The van der Waals surface area contributed by atoms with Gasteiger partial charge in [-0.05, 0) is 51.5 Å². The van der Waals surface area contributed by atoms with Gasteiger partial charge in [-0.25, -0.2) is 9.50 Å². The molecule has 0 atom stereocenters. The first-order valence-electron chi connectivity index (χ1n) is 12.2. The number of morpholine rings is 1. The minimum absolute atomic E-state index is 0.166. The number of hydrogen-bond acceptors (Lipinski definition) is 8. The first kappa shape index (κ1) is 23.7. The summed E-state index contributed by atoms with van der Waals surface area (Å²) in [6, 6.07) is 2.05. The van der Waals surface area contributed by atoms with Gasteiger partial charge in [0.05, 0.1) is 31.1 Å². The van der Waals surface area contributed by atoms with E-state index in [1.54, 1.807) is 30.8 Å². The zero-order chi connectivity index (χ0) is 24.6. The van der Waals surface area contributed by atoms with Crippen LogP contribution in [0.2, 0.25) is 0 Å². The van der Waals surface area contributed by atoms with Crippen LogP contribution < -0.4 is 10.2 Å². The van der Waals surface area contributed by atoms with Crippen LogP contribution in [0.15, 0.2) is 24.7 Å². The van der Waals surface area contributed by atoms with Gasteiger partial charge in [0, 0.05) is 32.1 Å². The van der Waals surface area contributed by atoms with E-state index in [4.69, 9.17) is 9.72 Å². The predicted molar refractivity (Wildman–Crippen MR) is 130 cm³/mol. The van der Waals surface area contributed by atoms with Crippen molar-refractivity contribution in [2.75, 3.05) is 43.1 Å². The van der Waals surface area contributed by atoms with Gasteiger partial charge in [-0.15, -0.1) is 0 Å². The van der Waals surface area contributed by atoms with Gasteiger partial charge >= 0.3 is 0 Å². The number of carbonyl (C=O) groups excluding carboxylic acids is 1. The van der Waals surface area contributed by atoms with Crippen molar-refractivity contribution in [1.82, 2.24) is 24.4 Å². The first-order chi connectivity index (χ1) is 16.8. The number of aromatic nitrogens is 5. The SMILES string of the molecule is CC(C)(O)c1nn(C2CCC(CO)CC2)cc1NC(=O)c1cnn2ccc(N3CCOCC3)nc12. The summed E-state index contributed by atoms with van der Waals surface area (Å²) in [5.74, 6) is 0.750. The topological polar surface area (TPSA) is 130 Å². The van der Waals surface area contributed by atoms with Crippen LogP contribution >= 0.6 is 0 Å². The molecule has 3 N–H and O–H groups in total. The highest BCUT2D eigenvalue weighted by atomic mass is 16.5. The number of carbonyl (C=O) groups is 1. The monoisotopic (exact) mass is 483 g/mol. The van der Waals surface area contributed by atoms with Crippen LogP contribution in [0.1, 0.15) is 61.6 Å². The first-order valence-corrected chi connectivity index (χ1v) is 12.2. The number of fused-ring (bicyclic) bond motifs is 1. The molecular weight excluding hydrogens is 450 g/mol. The van der Waals surface area contributed by atoms with Crippen molar-refractivity contribution in [3.8, 4) is 0 Å². The van der Waals surface area contributed by atoms with E-state index in [0.29, 0.717) is 41.7 Å². The van der Waals surface area contributed by atoms with Gasteiger partial charge in [-0.3, -0.25) is 9.48 Å². The molecule has 0 bridgehead atoms. The third kappa shape index (κ3) is 4.89. The second-order valence-electron chi connectivity index (χ2n) is 9.95. The molecule has 188 valence electrons. The van der Waals surface area contributed by atoms with Crippen molar-refractivity contribution >= 4 is 23.1 Å². The number of aliphatic hydroxyl groups is 2. The largest absolute Gasteiger partial charge is 0.396 e. The Hall–Kier alpha value is -3.02. The van der Waals surface area contributed by atoms with Crippen molar-refractivity contribution in [3.05, 3.63) is 35.9 Å². The van der Waals surface area contributed by atoms with Crippen molar-refractivity contribution in [3.63, 3.8) is 0 Å². The van der Waals surface area contributed by atoms with Crippen LogP contribution in [0.5, 0.6) is 0 Å². The van der Waals surface area contributed by atoms with E-state index in [1.165, 1.54) is 6.20 Å². The summed E-state index contributed by atoms with van der Waals surface area (Å²) in [7, 11) is 0. The number of nitrogens with one attached hydrogen (secondary N) is 1. The van der Waals surface area contributed by atoms with Crippen molar-refractivity contribution < 1.29 is 19.7 Å². The van der Waals surface area contributed by atoms with Crippen LogP contribution in [0.25, 0.3) is 5.65 Å². The summed E-state index contributed by atoms with van der Waals surface area (Å²) in [6.07, 6.45) is 8.76. The molecule has 0 spiro atoms. The number of hydrogen-bond donors (Lipinski definition) is 3. The molecule has 0 unspecified atom stereocenters. The van der Waals surface area contributed by atoms with Crippen molar-refractivity contribution in [1.29, 1.82) is 0 Å². The Morgan fingerprint density at radius 1 is 1.23 bits per heavy atom. The molecule has 0 aromatic carbocycles. The van der Waals surface area contributed by atoms with Gasteiger partial charge in [0.15, 0.2) is 5.65 Å². The van der Waals surface area contributed by atoms with Crippen LogP contribution in [-0.4, -0.2) is 73.4 Å². The maximum Gasteiger partial charge on any atom is 0.261 e. The molecule has 1 amide bonds. The number of amides is 1. The molecule has 35 heavy (non-hydrogen) atoms. The summed E-state index contributed by atoms with van der Waals surface area (Å²) in [5, 5.41) is 32.1. The normalized spacial score (nSPS) is 21.4. The predicted octanol–water partition coefficient (Wildman–Crippen LogP) is 1.97. The Bertz CT molecular complexity index is 1180. The standard InChI is InChI=1S/C24H33N7O4/c1-24(2,34)21-19(14-31(28-21)17-5-3-16(15-32)4-6-17)26-23(33)18-13-25-30-8-7-20(27-22(18)30)29-9-11-35-12-10-29/h7-8,13-14,16-17,32,34H,3-6,9-12,15H2,1-2H3,(H,26,33). The fourth-order valence-corrected chi connectivity index (χ4v) is 4.89. The third-order valence-corrected chi connectivity index (χ3v) is 6.94. The zero-order valence-corrected chi connectivity index (χ0v) is 20.2. The Kier molecular flexibility index (Phi) is 6.47. The van der Waals surface area contributed by atoms with Crippen LogP contribution in [0.4, 0.5) is 11.5 Å². The van der Waals surface area contributed by atoms with Crippen LogP contribution in [-0.2, 0) is 10.3 Å². The molecule has 5 rings (SSSR count). The van der Waals surface area contributed by atoms with Gasteiger partial charge in [0.25, 0.3) is 5.91 Å². The quantitative estimate of drug-likeness (QED) is 0.485. The Morgan fingerprint density at radius 2 is 1.97 bits per heavy atom. The van der Waals surface area contributed by atoms with Gasteiger partial charge in [-0.1, -0.05) is 0 Å². The Labute approximate surface area is 203 Å². The number of ether oxygens (including phenoxy) is 1. The minimum Gasteiger partial charge on any atom is -0.396 e. The molecule has 3 aromatic rings. The molecule has 2 fully saturated rings. The molecule has 4 heterocycles. The fourth-order valence-electron chi connectivity index (χ4n) is 4.89. The van der Waals surface area contributed by atoms with Gasteiger partial charge < -0.3 is 25.2 Å². The summed E-state index contributed by atoms with van der Waals surface area (Å²) < 4.78 is 8.86. The van der Waals surface area contributed by atoms with Gasteiger partial charge in [-0.2, -0.15) is 10.2 Å². The lowest BCUT2D eigenvalue weighted by Gasteiger charge is -2.27. The molecular formula is C24H33N7O4. The van der Waals surface area contributed by atoms with E-state index in [0.717, 1.165) is 44.6 Å². The Balaban J connectivity index is 1.40. The van der Waals surface area contributed by atoms with E-state index in [-0.39, 0.29) is 18.6 Å². The molecule has 11 heteroatoms. The minimum atomic E-state index is -1.24. The summed E-state index contributed by atoms with van der Waals surface area (Å²) in [5.41, 5.74) is 0.451. The second kappa shape index (κ2) is 9.56. The zero-order valence-electron chi connectivity index (χ0n) is 20.2. The lowest BCUT2D eigenvalue weighted by molar-refractivity contribution is 0.0729. The van der Waals surface area contributed by atoms with Crippen molar-refractivity contribution in [2.24, 2.45) is 5.92 Å². The smallest absolute Gasteiger partial charge is 0.261 e. The molecule has 0 radical (unpaired) electrons. The summed E-state index contributed by atoms with van der Waals surface area (Å²) in [6.45, 7) is 6.30. The fraction of sp³-hybridized carbons (Fsp3) is 0.583. The average Bonchev–Trinajstić information content (AvgIpc) is 3.49. The lowest BCUT2D eigenvalue weighted by Crippen LogP contribution is -2.36. The van der Waals surface area contributed by atoms with Crippen molar-refractivity contribution in [2.45, 2.75) is 51.2 Å². The van der Waals surface area contributed by atoms with E-state index < -0.39 is 5.60 Å². The molecule has 2 aliphatic rings. The maximum absolute atomic E-state index is 13.3. The molecule has 3 aromatic heterocycles. The number of nitrogens with zero attached hydrogens (tertiary/aromatic N) is 6. The molecule has 11 nitrogen and oxygen atoms in total. The van der Waals surface area contributed by atoms with Crippen LogP contribution in [0, 0.1) is 5.92 Å². The average molecular weight is 484 g/mol. The van der Waals surface area contributed by atoms with E-state index in [2.05, 4.69) is 20.4 Å². The third-order valence-electron chi connectivity index (χ3n) is 6.94. The van der Waals surface area contributed by atoms with Crippen LogP contribution in [0.3, 0.4) is 0 Å². The molecule has 1 aliphatic heterocycles. The summed E-state index contributed by atoms with van der Waals surface area (Å²) in [4.78, 5) is 20.2. The number of aliphatic hydroxyl groups excluding tert-OH is 1. The number of anilines is 2. The highest BCUT2D eigenvalue weighted by Crippen LogP contribution is 2.35. The lowest BCUT2D eigenvalue weighted by atomic mass is 9.87. The van der Waals surface area contributed by atoms with Gasteiger partial charge in [0.1, 0.15) is 22.7 Å². The molecule has 1 saturated carbocycles. The Morgan fingerprint density at radius 3 is 2.66 bits per heavy atom. The number of rotatable bonds is 6. The molecule has 1 aliphatic carbocycles. The highest BCUT2D eigenvalue weighted by molar-refractivity contribution is 6.08. The highest BCUT2D eigenvalue weighted by Gasteiger charge is 2.30. The molecule has 1 saturated heterocycles. The van der Waals surface area contributed by atoms with E-state index >= 15 is 0 Å². The van der Waals surface area contributed by atoms with Gasteiger partial charge in [0.2, 0.25) is 0 Å². The summed E-state index contributed by atoms with van der Waals surface area (Å²) >= 11 is 0. The maximum atomic E-state index is 13.3.